The van der Waals surface area contributed by atoms with Gasteiger partial charge in [0.05, 0.1) is 11.1 Å². The number of H-pyrrole nitrogens is 1. The Bertz CT molecular complexity index is 910. The number of anilines is 1. The first-order chi connectivity index (χ1) is 11.9. The number of aromatic amines is 1. The molecule has 1 aromatic heterocycles. The van der Waals surface area contributed by atoms with Crippen molar-refractivity contribution >= 4 is 11.6 Å². The number of hydrogen-bond donors (Lipinski definition) is 2. The van der Waals surface area contributed by atoms with E-state index in [0.29, 0.717) is 12.1 Å². The van der Waals surface area contributed by atoms with Gasteiger partial charge in [0.25, 0.3) is 5.56 Å². The van der Waals surface area contributed by atoms with Crippen molar-refractivity contribution in [3.05, 3.63) is 62.4 Å². The summed E-state index contributed by atoms with van der Waals surface area (Å²) in [6.07, 6.45) is -9.17. The Labute approximate surface area is 140 Å². The summed E-state index contributed by atoms with van der Waals surface area (Å²) >= 11 is 0. The first-order valence-corrected chi connectivity index (χ1v) is 6.75. The highest BCUT2D eigenvalue weighted by molar-refractivity contribution is 5.90. The Hall–Kier alpha value is -3.05. The van der Waals surface area contributed by atoms with Gasteiger partial charge in [-0.25, -0.2) is 4.79 Å². The number of hydrogen-bond acceptors (Lipinski definition) is 3. The molecule has 140 valence electrons. The Morgan fingerprint density at radius 3 is 2.00 bits per heavy atom. The molecule has 0 aliphatic heterocycles. The summed E-state index contributed by atoms with van der Waals surface area (Å²) in [5, 5.41) is 1.87. The summed E-state index contributed by atoms with van der Waals surface area (Å²) in [6, 6.07) is 1.51. The quantitative estimate of drug-likeness (QED) is 0.800. The molecule has 1 heterocycles. The molecule has 26 heavy (non-hydrogen) atoms. The van der Waals surface area contributed by atoms with E-state index in [1.54, 1.807) is 0 Å². The van der Waals surface area contributed by atoms with Gasteiger partial charge in [-0.05, 0) is 18.2 Å². The van der Waals surface area contributed by atoms with Crippen molar-refractivity contribution in [3.63, 3.8) is 0 Å². The van der Waals surface area contributed by atoms with Crippen molar-refractivity contribution in [2.45, 2.75) is 18.9 Å². The highest BCUT2D eigenvalue weighted by Gasteiger charge is 2.37. The van der Waals surface area contributed by atoms with Gasteiger partial charge in [0, 0.05) is 18.0 Å². The highest BCUT2D eigenvalue weighted by Crippen LogP contribution is 2.37. The number of alkyl halides is 6. The van der Waals surface area contributed by atoms with Crippen LogP contribution in [0.4, 0.5) is 32.0 Å². The lowest BCUT2D eigenvalue weighted by molar-refractivity contribution is -0.143. The maximum atomic E-state index is 12.8. The minimum Gasteiger partial charge on any atom is -0.325 e. The number of nitrogens with zero attached hydrogens (tertiary/aromatic N) is 1. The van der Waals surface area contributed by atoms with E-state index in [1.165, 1.54) is 0 Å². The number of nitrogens with one attached hydrogen (secondary N) is 2. The second-order valence-corrected chi connectivity index (χ2v) is 5.08. The van der Waals surface area contributed by atoms with Crippen LogP contribution in [0, 0.1) is 0 Å². The smallest absolute Gasteiger partial charge is 0.325 e. The van der Waals surface area contributed by atoms with Gasteiger partial charge in [0.1, 0.15) is 6.54 Å². The molecule has 0 radical (unpaired) electrons. The molecular formula is C14H9F6N3O3. The van der Waals surface area contributed by atoms with Gasteiger partial charge >= 0.3 is 18.0 Å². The fraction of sp³-hybridized carbons (Fsp3) is 0.214. The molecule has 2 rings (SSSR count). The number of carbonyl (C=O) groups is 1. The van der Waals surface area contributed by atoms with Gasteiger partial charge in [-0.2, -0.15) is 26.3 Å². The minimum atomic E-state index is -5.06. The Balaban J connectivity index is 2.31. The Morgan fingerprint density at radius 1 is 1.00 bits per heavy atom. The van der Waals surface area contributed by atoms with Gasteiger partial charge < -0.3 is 5.32 Å². The van der Waals surface area contributed by atoms with E-state index in [2.05, 4.69) is 0 Å². The van der Waals surface area contributed by atoms with Gasteiger partial charge in [-0.3, -0.25) is 19.1 Å². The molecule has 0 aliphatic carbocycles. The Morgan fingerprint density at radius 2 is 1.54 bits per heavy atom. The molecule has 0 spiro atoms. The third-order valence-electron chi connectivity index (χ3n) is 3.08. The molecule has 0 saturated carbocycles. The molecule has 0 fully saturated rings. The largest absolute Gasteiger partial charge is 0.416 e. The molecule has 0 aliphatic rings. The third-order valence-corrected chi connectivity index (χ3v) is 3.08. The van der Waals surface area contributed by atoms with E-state index in [9.17, 15) is 40.7 Å². The molecular weight excluding hydrogens is 372 g/mol. The molecule has 12 heteroatoms. The normalized spacial score (nSPS) is 12.1. The van der Waals surface area contributed by atoms with Crippen LogP contribution in [-0.2, 0) is 23.7 Å². The minimum absolute atomic E-state index is 0.0813. The van der Waals surface area contributed by atoms with E-state index < -0.39 is 52.9 Å². The highest BCUT2D eigenvalue weighted by atomic mass is 19.4. The number of carbonyl (C=O) groups excluding carboxylic acids is 1. The van der Waals surface area contributed by atoms with E-state index in [4.69, 9.17) is 0 Å². The number of rotatable bonds is 3. The van der Waals surface area contributed by atoms with E-state index in [-0.39, 0.29) is 6.07 Å². The van der Waals surface area contributed by atoms with E-state index in [0.717, 1.165) is 16.8 Å². The van der Waals surface area contributed by atoms with Crippen LogP contribution in [0.25, 0.3) is 0 Å². The average molecular weight is 381 g/mol. The number of amides is 1. The summed E-state index contributed by atoms with van der Waals surface area (Å²) in [6.45, 7) is -0.729. The predicted molar refractivity (Wildman–Crippen MR) is 76.4 cm³/mol. The first-order valence-electron chi connectivity index (χ1n) is 6.75. The van der Waals surface area contributed by atoms with Crippen LogP contribution in [0.5, 0.6) is 0 Å². The molecule has 0 bridgehead atoms. The summed E-state index contributed by atoms with van der Waals surface area (Å²) in [5.41, 5.74) is -5.63. The van der Waals surface area contributed by atoms with Gasteiger partial charge in [0.2, 0.25) is 5.91 Å². The van der Waals surface area contributed by atoms with Crippen LogP contribution >= 0.6 is 0 Å². The first kappa shape index (κ1) is 19.3. The number of benzene rings is 1. The van der Waals surface area contributed by atoms with E-state index in [1.807, 2.05) is 10.3 Å². The summed E-state index contributed by atoms with van der Waals surface area (Å²) in [7, 11) is 0. The molecule has 0 unspecified atom stereocenters. The Kier molecular flexibility index (Phi) is 4.96. The zero-order valence-electron chi connectivity index (χ0n) is 12.5. The van der Waals surface area contributed by atoms with E-state index >= 15 is 0 Å². The number of halogens is 6. The van der Waals surface area contributed by atoms with Crippen molar-refractivity contribution < 1.29 is 31.1 Å². The molecule has 0 atom stereocenters. The van der Waals surface area contributed by atoms with Crippen LogP contribution in [0.3, 0.4) is 0 Å². The molecule has 6 nitrogen and oxygen atoms in total. The maximum absolute atomic E-state index is 12.8. The standard InChI is InChI=1S/C14H9F6N3O3/c15-13(16,17)7-3-8(14(18,19)20)5-9(4-7)21-11(25)6-23-2-1-10(24)22-12(23)26/h1-5H,6H2,(H,21,25)(H,22,24,26). The van der Waals surface area contributed by atoms with Crippen molar-refractivity contribution in [2.24, 2.45) is 0 Å². The fourth-order valence-electron chi connectivity index (χ4n) is 1.95. The SMILES string of the molecule is O=C(Cn1ccc(=O)[nH]c1=O)Nc1cc(C(F)(F)F)cc(C(F)(F)F)c1. The lowest BCUT2D eigenvalue weighted by atomic mass is 10.1. The third kappa shape index (κ3) is 4.74. The van der Waals surface area contributed by atoms with Crippen LogP contribution in [0.1, 0.15) is 11.1 Å². The van der Waals surface area contributed by atoms with Crippen molar-refractivity contribution in [1.82, 2.24) is 9.55 Å². The zero-order chi connectivity index (χ0) is 19.7. The summed E-state index contributed by atoms with van der Waals surface area (Å²) in [4.78, 5) is 36.0. The van der Waals surface area contributed by atoms with Crippen LogP contribution in [0.15, 0.2) is 40.1 Å². The van der Waals surface area contributed by atoms with Gasteiger partial charge in [-0.15, -0.1) is 0 Å². The van der Waals surface area contributed by atoms with Gasteiger partial charge in [0.15, 0.2) is 0 Å². The zero-order valence-corrected chi connectivity index (χ0v) is 12.5. The van der Waals surface area contributed by atoms with Crippen molar-refractivity contribution in [2.75, 3.05) is 5.32 Å². The summed E-state index contributed by atoms with van der Waals surface area (Å²) in [5.74, 6) is -1.06. The van der Waals surface area contributed by atoms with Crippen LogP contribution < -0.4 is 16.6 Å². The predicted octanol–water partition coefficient (Wildman–Crippen LogP) is 2.21. The van der Waals surface area contributed by atoms with Crippen LogP contribution in [-0.4, -0.2) is 15.5 Å². The average Bonchev–Trinajstić information content (AvgIpc) is 2.48. The van der Waals surface area contributed by atoms with Gasteiger partial charge in [-0.1, -0.05) is 0 Å². The molecule has 2 aromatic rings. The molecule has 2 N–H and O–H groups in total. The lowest BCUT2D eigenvalue weighted by Crippen LogP contribution is -2.32. The monoisotopic (exact) mass is 381 g/mol. The van der Waals surface area contributed by atoms with Crippen molar-refractivity contribution in [1.29, 1.82) is 0 Å². The maximum Gasteiger partial charge on any atom is 0.416 e. The second kappa shape index (κ2) is 6.69. The lowest BCUT2D eigenvalue weighted by Gasteiger charge is -2.15. The summed E-state index contributed by atoms with van der Waals surface area (Å²) < 4.78 is 77.2. The molecule has 1 amide bonds. The molecule has 0 saturated heterocycles. The topological polar surface area (TPSA) is 84.0 Å². The second-order valence-electron chi connectivity index (χ2n) is 5.08. The number of aromatic nitrogens is 2. The van der Waals surface area contributed by atoms with Crippen molar-refractivity contribution in [3.8, 4) is 0 Å². The molecule has 1 aromatic carbocycles. The van der Waals surface area contributed by atoms with Crippen LogP contribution in [0.2, 0.25) is 0 Å². The fourth-order valence-corrected chi connectivity index (χ4v) is 1.95.